The normalized spacial score (nSPS) is 12.6. The molecule has 0 aliphatic heterocycles. The molecule has 0 aliphatic carbocycles. The van der Waals surface area contributed by atoms with Crippen molar-refractivity contribution in [1.29, 1.82) is 0 Å². The lowest BCUT2D eigenvalue weighted by molar-refractivity contribution is 0.208. The summed E-state index contributed by atoms with van der Waals surface area (Å²) in [6.45, 7) is 4.19. The van der Waals surface area contributed by atoms with Gasteiger partial charge in [-0.3, -0.25) is 0 Å². The number of hydrogen-bond acceptors (Lipinski definition) is 2. The monoisotopic (exact) mass is 277 g/mol. The first kappa shape index (κ1) is 11.8. The molecule has 1 rings (SSSR count). The van der Waals surface area contributed by atoms with Crippen LogP contribution in [0.15, 0.2) is 16.6 Å². The summed E-state index contributed by atoms with van der Waals surface area (Å²) < 4.78 is 0.958. The van der Waals surface area contributed by atoms with Crippen molar-refractivity contribution >= 4 is 33.2 Å². The highest BCUT2D eigenvalue weighted by Gasteiger charge is 2.04. The van der Waals surface area contributed by atoms with Gasteiger partial charge in [0, 0.05) is 16.0 Å². The molecule has 1 unspecified atom stereocenters. The van der Waals surface area contributed by atoms with Gasteiger partial charge >= 0.3 is 0 Å². The van der Waals surface area contributed by atoms with Crippen molar-refractivity contribution in [3.8, 4) is 0 Å². The Labute approximate surface area is 97.4 Å². The molecule has 0 amide bonds. The SMILES string of the molecule is Cc1cc(Br)c(NCC(C)O)cc1Cl. The number of benzene rings is 1. The number of anilines is 1. The molecule has 0 aliphatic rings. The van der Waals surface area contributed by atoms with Gasteiger partial charge in [-0.2, -0.15) is 0 Å². The fraction of sp³-hybridized carbons (Fsp3) is 0.400. The molecule has 1 atom stereocenters. The number of hydrogen-bond donors (Lipinski definition) is 2. The molecule has 0 aromatic heterocycles. The van der Waals surface area contributed by atoms with Crippen molar-refractivity contribution < 1.29 is 5.11 Å². The third-order valence-corrected chi connectivity index (χ3v) is 2.90. The van der Waals surface area contributed by atoms with Gasteiger partial charge < -0.3 is 10.4 Å². The summed E-state index contributed by atoms with van der Waals surface area (Å²) in [6, 6.07) is 3.80. The summed E-state index contributed by atoms with van der Waals surface area (Å²) in [5.41, 5.74) is 1.93. The van der Waals surface area contributed by atoms with Gasteiger partial charge in [0.05, 0.1) is 11.8 Å². The molecule has 14 heavy (non-hydrogen) atoms. The maximum Gasteiger partial charge on any atom is 0.0684 e. The fourth-order valence-corrected chi connectivity index (χ4v) is 1.80. The Bertz CT molecular complexity index is 328. The number of nitrogens with one attached hydrogen (secondary N) is 1. The smallest absolute Gasteiger partial charge is 0.0684 e. The second kappa shape index (κ2) is 5.01. The average Bonchev–Trinajstić information content (AvgIpc) is 2.09. The van der Waals surface area contributed by atoms with Gasteiger partial charge in [-0.1, -0.05) is 11.6 Å². The molecule has 1 aromatic carbocycles. The first-order chi connectivity index (χ1) is 6.50. The summed E-state index contributed by atoms with van der Waals surface area (Å²) in [4.78, 5) is 0. The van der Waals surface area contributed by atoms with Crippen LogP contribution in [-0.4, -0.2) is 17.8 Å². The van der Waals surface area contributed by atoms with Gasteiger partial charge in [0.15, 0.2) is 0 Å². The molecule has 2 N–H and O–H groups in total. The Balaban J connectivity index is 2.82. The number of aliphatic hydroxyl groups is 1. The Kier molecular flexibility index (Phi) is 4.23. The minimum Gasteiger partial charge on any atom is -0.392 e. The quantitative estimate of drug-likeness (QED) is 0.890. The van der Waals surface area contributed by atoms with E-state index in [2.05, 4.69) is 21.2 Å². The van der Waals surface area contributed by atoms with E-state index in [1.807, 2.05) is 19.1 Å². The largest absolute Gasteiger partial charge is 0.392 e. The fourth-order valence-electron chi connectivity index (χ4n) is 1.04. The molecule has 2 nitrogen and oxygen atoms in total. The molecule has 0 bridgehead atoms. The molecule has 0 radical (unpaired) electrons. The maximum absolute atomic E-state index is 9.12. The lowest BCUT2D eigenvalue weighted by Gasteiger charge is -2.11. The van der Waals surface area contributed by atoms with Crippen molar-refractivity contribution in [2.24, 2.45) is 0 Å². The molecule has 0 spiro atoms. The molecule has 78 valence electrons. The van der Waals surface area contributed by atoms with Gasteiger partial charge in [0.2, 0.25) is 0 Å². The maximum atomic E-state index is 9.12. The number of halogens is 2. The van der Waals surface area contributed by atoms with E-state index < -0.39 is 0 Å². The molecule has 0 heterocycles. The zero-order valence-electron chi connectivity index (χ0n) is 8.14. The van der Waals surface area contributed by atoms with Crippen molar-refractivity contribution in [1.82, 2.24) is 0 Å². The van der Waals surface area contributed by atoms with Gasteiger partial charge in [-0.05, 0) is 47.5 Å². The van der Waals surface area contributed by atoms with Crippen LogP contribution >= 0.6 is 27.5 Å². The van der Waals surface area contributed by atoms with E-state index >= 15 is 0 Å². The van der Waals surface area contributed by atoms with Crippen LogP contribution in [0.3, 0.4) is 0 Å². The summed E-state index contributed by atoms with van der Waals surface area (Å²) in [5, 5.41) is 12.9. The van der Waals surface area contributed by atoms with E-state index in [1.165, 1.54) is 0 Å². The van der Waals surface area contributed by atoms with Crippen molar-refractivity contribution in [2.75, 3.05) is 11.9 Å². The number of aryl methyl sites for hydroxylation is 1. The second-order valence-electron chi connectivity index (χ2n) is 3.31. The molecule has 1 aromatic rings. The standard InChI is InChI=1S/C10H13BrClNO/c1-6-3-8(11)10(4-9(6)12)13-5-7(2)14/h3-4,7,13-14H,5H2,1-2H3. The highest BCUT2D eigenvalue weighted by Crippen LogP contribution is 2.28. The van der Waals surface area contributed by atoms with Crippen molar-refractivity contribution in [3.63, 3.8) is 0 Å². The van der Waals surface area contributed by atoms with E-state index in [9.17, 15) is 0 Å². The van der Waals surface area contributed by atoms with E-state index in [4.69, 9.17) is 16.7 Å². The zero-order chi connectivity index (χ0) is 10.7. The summed E-state index contributed by atoms with van der Waals surface area (Å²) >= 11 is 9.41. The van der Waals surface area contributed by atoms with Crippen LogP contribution < -0.4 is 5.32 Å². The lowest BCUT2D eigenvalue weighted by atomic mass is 10.2. The third-order valence-electron chi connectivity index (χ3n) is 1.84. The van der Waals surface area contributed by atoms with Crippen LogP contribution in [-0.2, 0) is 0 Å². The summed E-state index contributed by atoms with van der Waals surface area (Å²) in [6.07, 6.45) is -0.373. The highest BCUT2D eigenvalue weighted by atomic mass is 79.9. The highest BCUT2D eigenvalue weighted by molar-refractivity contribution is 9.10. The van der Waals surface area contributed by atoms with Crippen molar-refractivity contribution in [3.05, 3.63) is 27.2 Å². The number of aliphatic hydroxyl groups excluding tert-OH is 1. The zero-order valence-corrected chi connectivity index (χ0v) is 10.5. The Morgan fingerprint density at radius 2 is 2.21 bits per heavy atom. The van der Waals surface area contributed by atoms with Gasteiger partial charge in [-0.25, -0.2) is 0 Å². The third kappa shape index (κ3) is 3.15. The first-order valence-electron chi connectivity index (χ1n) is 4.38. The minimum absolute atomic E-state index is 0.373. The van der Waals surface area contributed by atoms with Crippen LogP contribution in [0, 0.1) is 6.92 Å². The summed E-state index contributed by atoms with van der Waals surface area (Å²) in [5.74, 6) is 0. The van der Waals surface area contributed by atoms with E-state index in [0.717, 1.165) is 20.7 Å². The van der Waals surface area contributed by atoms with Crippen molar-refractivity contribution in [2.45, 2.75) is 20.0 Å². The van der Waals surface area contributed by atoms with Crippen LogP contribution in [0.5, 0.6) is 0 Å². The predicted octanol–water partition coefficient (Wildman–Crippen LogP) is 3.20. The molecule has 4 heteroatoms. The predicted molar refractivity (Wildman–Crippen MR) is 64.1 cm³/mol. The molecule has 0 fully saturated rings. The minimum atomic E-state index is -0.373. The summed E-state index contributed by atoms with van der Waals surface area (Å²) in [7, 11) is 0. The Morgan fingerprint density at radius 1 is 1.57 bits per heavy atom. The van der Waals surface area contributed by atoms with Gasteiger partial charge in [0.25, 0.3) is 0 Å². The average molecular weight is 279 g/mol. The molecular formula is C10H13BrClNO. The second-order valence-corrected chi connectivity index (χ2v) is 4.57. The van der Waals surface area contributed by atoms with E-state index in [0.29, 0.717) is 6.54 Å². The lowest BCUT2D eigenvalue weighted by Crippen LogP contribution is -2.15. The van der Waals surface area contributed by atoms with Crippen LogP contribution in [0.1, 0.15) is 12.5 Å². The molecule has 0 saturated heterocycles. The first-order valence-corrected chi connectivity index (χ1v) is 5.55. The molecular weight excluding hydrogens is 265 g/mol. The van der Waals surface area contributed by atoms with Crippen LogP contribution in [0.2, 0.25) is 5.02 Å². The Morgan fingerprint density at radius 3 is 2.79 bits per heavy atom. The van der Waals surface area contributed by atoms with E-state index in [1.54, 1.807) is 6.92 Å². The number of rotatable bonds is 3. The van der Waals surface area contributed by atoms with Crippen LogP contribution in [0.25, 0.3) is 0 Å². The van der Waals surface area contributed by atoms with E-state index in [-0.39, 0.29) is 6.10 Å². The Hall–Kier alpha value is -0.250. The molecule has 0 saturated carbocycles. The van der Waals surface area contributed by atoms with Gasteiger partial charge in [0.1, 0.15) is 0 Å². The van der Waals surface area contributed by atoms with Crippen LogP contribution in [0.4, 0.5) is 5.69 Å². The topological polar surface area (TPSA) is 32.3 Å². The van der Waals surface area contributed by atoms with Gasteiger partial charge in [-0.15, -0.1) is 0 Å².